The van der Waals surface area contributed by atoms with Gasteiger partial charge in [-0.2, -0.15) is 5.11 Å². The minimum atomic E-state index is -3.88. The lowest BCUT2D eigenvalue weighted by Gasteiger charge is -2.23. The number of hydrogen-bond acceptors (Lipinski definition) is 16. The van der Waals surface area contributed by atoms with Crippen LogP contribution in [0.1, 0.15) is 87.0 Å². The van der Waals surface area contributed by atoms with E-state index >= 15 is 0 Å². The molecule has 3 aromatic carbocycles. The highest BCUT2D eigenvalue weighted by atomic mass is 32.3. The Morgan fingerprint density at radius 2 is 1.37 bits per heavy atom. The summed E-state index contributed by atoms with van der Waals surface area (Å²) >= 11 is 0. The Morgan fingerprint density at radius 3 is 2.07 bits per heavy atom. The second-order valence-electron chi connectivity index (χ2n) is 17.8. The Balaban J connectivity index is 0.730. The molecule has 3 aromatic heterocycles. The molecule has 20 heteroatoms. The summed E-state index contributed by atoms with van der Waals surface area (Å²) in [5.41, 5.74) is 4.63. The van der Waals surface area contributed by atoms with Gasteiger partial charge in [0.05, 0.1) is 55.7 Å². The number of hydrogen-bond donors (Lipinski definition) is 5. The zero-order chi connectivity index (χ0) is 51.6. The molecule has 5 N–H and O–H groups in total. The molecule has 0 atom stereocenters. The third-order valence-corrected chi connectivity index (χ3v) is 12.5. The molecule has 0 aliphatic heterocycles. The van der Waals surface area contributed by atoms with Gasteiger partial charge in [-0.1, -0.05) is 92.7 Å². The molecule has 2 amide bonds. The summed E-state index contributed by atoms with van der Waals surface area (Å²) < 4.78 is 53.7. The van der Waals surface area contributed by atoms with Crippen LogP contribution in [0.15, 0.2) is 131 Å². The summed E-state index contributed by atoms with van der Waals surface area (Å²) in [6.07, 6.45) is 7.31. The number of carbonyl (C=O) groups is 2. The van der Waals surface area contributed by atoms with Gasteiger partial charge in [-0.25, -0.2) is 14.6 Å². The van der Waals surface area contributed by atoms with Crippen molar-refractivity contribution in [3.05, 3.63) is 132 Å². The summed E-state index contributed by atoms with van der Waals surface area (Å²) in [5.74, 6) is 1.45. The van der Waals surface area contributed by atoms with E-state index in [4.69, 9.17) is 23.9 Å². The number of aromatic nitrogens is 6. The average molecular weight is 1020 g/mol. The van der Waals surface area contributed by atoms with E-state index in [1.54, 1.807) is 30.3 Å². The Kier molecular flexibility index (Phi) is 22.8. The number of ether oxygens (including phenoxy) is 4. The number of nitrogens with zero attached hydrogens (tertiary/aromatic N) is 8. The van der Waals surface area contributed by atoms with Gasteiger partial charge in [-0.3, -0.25) is 9.59 Å². The van der Waals surface area contributed by atoms with Crippen molar-refractivity contribution in [2.24, 2.45) is 10.2 Å². The van der Waals surface area contributed by atoms with Gasteiger partial charge in [0.25, 0.3) is 5.91 Å². The summed E-state index contributed by atoms with van der Waals surface area (Å²) in [5, 5.41) is 26.5. The second kappa shape index (κ2) is 29.9. The van der Waals surface area contributed by atoms with Crippen LogP contribution in [0.5, 0.6) is 5.88 Å². The second-order valence-corrected chi connectivity index (χ2v) is 19.2. The summed E-state index contributed by atoms with van der Waals surface area (Å²) in [4.78, 5) is 33.9. The van der Waals surface area contributed by atoms with E-state index < -0.39 is 10.9 Å². The molecule has 390 valence electrons. The SMILES string of the molecule is CC(C)(CCCCOc1cc(-c2ccccc2)cc(-c2ccccc2)n1)c1nnnn1CCCCC(=O)NCCCOCCOCCOCCCNC(=O)c1ccc(N=NCc2ccccc2S(O)(O)O)nc1. The first-order valence-electron chi connectivity index (χ1n) is 24.7. The molecule has 0 unspecified atom stereocenters. The molecule has 0 fully saturated rings. The van der Waals surface area contributed by atoms with Crippen molar-refractivity contribution < 1.29 is 42.2 Å². The van der Waals surface area contributed by atoms with E-state index in [1.807, 2.05) is 47.1 Å². The molecular weight excluding hydrogens is 953 g/mol. The maximum atomic E-state index is 12.5. The molecule has 3 heterocycles. The van der Waals surface area contributed by atoms with Crippen molar-refractivity contribution in [1.82, 2.24) is 40.8 Å². The fraction of sp³-hybridized carbons (Fsp3) is 0.415. The van der Waals surface area contributed by atoms with Gasteiger partial charge in [0.15, 0.2) is 11.6 Å². The van der Waals surface area contributed by atoms with E-state index in [-0.39, 0.29) is 34.5 Å². The minimum Gasteiger partial charge on any atom is -0.478 e. The first kappa shape index (κ1) is 55.8. The lowest BCUT2D eigenvalue weighted by Crippen LogP contribution is -2.25. The lowest BCUT2D eigenvalue weighted by atomic mass is 9.86. The topological polar surface area (TPSA) is 250 Å². The van der Waals surface area contributed by atoms with Gasteiger partial charge >= 0.3 is 0 Å². The van der Waals surface area contributed by atoms with E-state index in [2.05, 4.69) is 85.6 Å². The van der Waals surface area contributed by atoms with Crippen molar-refractivity contribution >= 4 is 28.5 Å². The van der Waals surface area contributed by atoms with Crippen molar-refractivity contribution in [2.45, 2.75) is 88.6 Å². The largest absolute Gasteiger partial charge is 0.478 e. The van der Waals surface area contributed by atoms with Gasteiger partial charge in [0.1, 0.15) is 10.9 Å². The van der Waals surface area contributed by atoms with Crippen LogP contribution in [0.2, 0.25) is 0 Å². The summed E-state index contributed by atoms with van der Waals surface area (Å²) in [6.45, 7) is 9.16. The molecule has 0 aliphatic carbocycles. The maximum Gasteiger partial charge on any atom is 0.252 e. The van der Waals surface area contributed by atoms with Crippen LogP contribution < -0.4 is 15.4 Å². The number of amides is 2. The number of aryl methyl sites for hydroxylation is 1. The third-order valence-electron chi connectivity index (χ3n) is 11.6. The van der Waals surface area contributed by atoms with E-state index in [9.17, 15) is 23.2 Å². The van der Waals surface area contributed by atoms with Gasteiger partial charge < -0.3 is 43.2 Å². The van der Waals surface area contributed by atoms with Gasteiger partial charge in [-0.05, 0) is 96.3 Å². The quantitative estimate of drug-likeness (QED) is 0.0190. The lowest BCUT2D eigenvalue weighted by molar-refractivity contribution is -0.121. The minimum absolute atomic E-state index is 0.00300. The molecule has 6 aromatic rings. The number of carbonyl (C=O) groups excluding carboxylic acids is 2. The van der Waals surface area contributed by atoms with E-state index in [1.165, 1.54) is 12.3 Å². The summed E-state index contributed by atoms with van der Waals surface area (Å²) in [6, 6.07) is 33.9. The first-order valence-corrected chi connectivity index (χ1v) is 26.2. The van der Waals surface area contributed by atoms with Crippen molar-refractivity contribution in [1.29, 1.82) is 0 Å². The molecule has 0 bridgehead atoms. The molecule has 0 aliphatic rings. The number of nitrogens with one attached hydrogen (secondary N) is 2. The molecule has 0 spiro atoms. The van der Waals surface area contributed by atoms with Crippen LogP contribution in [0.25, 0.3) is 22.4 Å². The standard InChI is InChI=1S/C53H68N10O9S/c1-53(2,26-12-14-32-72-50-38-45(41-17-5-3-6-18-41)37-46(58-50)42-19-7-4-8-20-42)52-60-61-62-63(52)29-13-11-23-49(64)54-27-15-30-69-33-35-71-36-34-70-31-16-28-55-51(65)44-24-25-48(56-39-44)59-57-40-43-21-9-10-22-47(43)73(66,67)68/h3-10,17-22,24-25,37-39,66-68H,11-16,23,26-36,40H2,1-2H3,(H,54,64)(H,55,65). The first-order chi connectivity index (χ1) is 35.5. The fourth-order valence-electron chi connectivity index (χ4n) is 7.65. The van der Waals surface area contributed by atoms with Crippen LogP contribution in [-0.4, -0.2) is 115 Å². The van der Waals surface area contributed by atoms with E-state index in [0.717, 1.165) is 60.3 Å². The van der Waals surface area contributed by atoms with Crippen LogP contribution >= 0.6 is 10.9 Å². The van der Waals surface area contributed by atoms with Crippen molar-refractivity contribution in [3.63, 3.8) is 0 Å². The Morgan fingerprint density at radius 1 is 0.699 bits per heavy atom. The number of pyridine rings is 2. The van der Waals surface area contributed by atoms with Crippen LogP contribution in [0, 0.1) is 0 Å². The smallest absolute Gasteiger partial charge is 0.252 e. The summed E-state index contributed by atoms with van der Waals surface area (Å²) in [7, 11) is -3.88. The number of azo groups is 1. The Hall–Kier alpha value is -6.52. The zero-order valence-corrected chi connectivity index (χ0v) is 42.5. The number of unbranched alkanes of at least 4 members (excludes halogenated alkanes) is 2. The van der Waals surface area contributed by atoms with Crippen LogP contribution in [0.4, 0.5) is 5.82 Å². The zero-order valence-electron chi connectivity index (χ0n) is 41.7. The van der Waals surface area contributed by atoms with Crippen molar-refractivity contribution in [2.75, 3.05) is 59.3 Å². The fourth-order valence-corrected chi connectivity index (χ4v) is 8.40. The average Bonchev–Trinajstić information content (AvgIpc) is 3.89. The molecule has 0 saturated carbocycles. The molecular formula is C53H68N10O9S. The van der Waals surface area contributed by atoms with Gasteiger partial charge in [-0.15, -0.1) is 10.2 Å². The molecule has 19 nitrogen and oxygen atoms in total. The molecule has 0 saturated heterocycles. The van der Waals surface area contributed by atoms with E-state index in [0.29, 0.717) is 102 Å². The van der Waals surface area contributed by atoms with Crippen molar-refractivity contribution in [3.8, 4) is 28.3 Å². The maximum absolute atomic E-state index is 12.5. The predicted molar refractivity (Wildman–Crippen MR) is 279 cm³/mol. The van der Waals surface area contributed by atoms with Gasteiger partial charge in [0, 0.05) is 62.5 Å². The highest BCUT2D eigenvalue weighted by Crippen LogP contribution is 2.45. The van der Waals surface area contributed by atoms with Gasteiger partial charge in [0.2, 0.25) is 11.8 Å². The third kappa shape index (κ3) is 19.4. The number of rotatable bonds is 33. The monoisotopic (exact) mass is 1020 g/mol. The highest BCUT2D eigenvalue weighted by molar-refractivity contribution is 8.19. The number of tetrazole rings is 1. The van der Waals surface area contributed by atoms with Crippen LogP contribution in [0.3, 0.4) is 0 Å². The molecule has 0 radical (unpaired) electrons. The molecule has 73 heavy (non-hydrogen) atoms. The number of benzene rings is 3. The van der Waals surface area contributed by atoms with Crippen LogP contribution in [-0.2, 0) is 37.5 Å². The Labute approximate surface area is 428 Å². The normalized spacial score (nSPS) is 12.0. The highest BCUT2D eigenvalue weighted by Gasteiger charge is 2.27. The predicted octanol–water partition coefficient (Wildman–Crippen LogP) is 9.74. The Bertz CT molecular complexity index is 2540. The molecule has 6 rings (SSSR count).